The number of benzene rings is 2. The van der Waals surface area contributed by atoms with Gasteiger partial charge in [0.15, 0.2) is 0 Å². The van der Waals surface area contributed by atoms with Crippen LogP contribution < -0.4 is 10.1 Å². The highest BCUT2D eigenvalue weighted by molar-refractivity contribution is 5.92. The number of carbonyl (C=O) groups is 2. The molecule has 1 saturated heterocycles. The van der Waals surface area contributed by atoms with Gasteiger partial charge in [0.05, 0.1) is 11.6 Å². The van der Waals surface area contributed by atoms with Gasteiger partial charge in [0.1, 0.15) is 17.5 Å². The number of nitriles is 1. The second kappa shape index (κ2) is 10.4. The van der Waals surface area contributed by atoms with E-state index in [4.69, 9.17) is 10.00 Å². The third kappa shape index (κ3) is 5.55. The van der Waals surface area contributed by atoms with Crippen LogP contribution in [-0.2, 0) is 0 Å². The van der Waals surface area contributed by atoms with E-state index in [0.29, 0.717) is 24.4 Å². The van der Waals surface area contributed by atoms with E-state index in [1.165, 1.54) is 6.20 Å². The quantitative estimate of drug-likeness (QED) is 0.637. The summed E-state index contributed by atoms with van der Waals surface area (Å²) in [7, 11) is 0. The Labute approximate surface area is 192 Å². The van der Waals surface area contributed by atoms with Crippen molar-refractivity contribution in [3.8, 4) is 11.8 Å². The second-order valence-electron chi connectivity index (χ2n) is 7.91. The van der Waals surface area contributed by atoms with Gasteiger partial charge in [-0.3, -0.25) is 4.79 Å². The van der Waals surface area contributed by atoms with Crippen molar-refractivity contribution in [3.05, 3.63) is 95.8 Å². The van der Waals surface area contributed by atoms with Crippen LogP contribution >= 0.6 is 0 Å². The molecule has 2 aromatic carbocycles. The molecule has 1 N–H and O–H groups in total. The Kier molecular flexibility index (Phi) is 6.96. The number of hydrogen-bond acceptors (Lipinski definition) is 5. The summed E-state index contributed by atoms with van der Waals surface area (Å²) in [5.41, 5.74) is 1.67. The monoisotopic (exact) mass is 440 g/mol. The number of nitrogens with one attached hydrogen (secondary N) is 1. The van der Waals surface area contributed by atoms with Gasteiger partial charge in [-0.05, 0) is 48.6 Å². The first-order valence-corrected chi connectivity index (χ1v) is 10.9. The number of amides is 2. The first-order valence-electron chi connectivity index (χ1n) is 10.9. The standard InChI is InChI=1S/C26H24N4O3/c27-17-19-11-12-23(28-18-19)25(31)29-24(20-7-3-1-4-8-20)21-13-15-30(16-14-21)26(32)33-22-9-5-2-6-10-22/h1-12,18,21,24H,13-16H2,(H,29,31). The molecule has 0 spiro atoms. The lowest BCUT2D eigenvalue weighted by Gasteiger charge is -2.36. The summed E-state index contributed by atoms with van der Waals surface area (Å²) >= 11 is 0. The Hall–Kier alpha value is -4.18. The summed E-state index contributed by atoms with van der Waals surface area (Å²) in [4.78, 5) is 31.3. The zero-order chi connectivity index (χ0) is 23.0. The van der Waals surface area contributed by atoms with E-state index in [1.54, 1.807) is 29.2 Å². The molecular weight excluding hydrogens is 416 g/mol. The molecule has 3 aromatic rings. The van der Waals surface area contributed by atoms with Crippen LogP contribution in [0, 0.1) is 17.2 Å². The second-order valence-corrected chi connectivity index (χ2v) is 7.91. The lowest BCUT2D eigenvalue weighted by Crippen LogP contribution is -2.44. The average Bonchev–Trinajstić information content (AvgIpc) is 2.88. The number of rotatable bonds is 5. The first-order chi connectivity index (χ1) is 16.1. The number of pyridine rings is 1. The van der Waals surface area contributed by atoms with Gasteiger partial charge >= 0.3 is 6.09 Å². The average molecular weight is 441 g/mol. The van der Waals surface area contributed by atoms with Crippen molar-refractivity contribution in [1.29, 1.82) is 5.26 Å². The van der Waals surface area contributed by atoms with Crippen molar-refractivity contribution in [2.75, 3.05) is 13.1 Å². The molecule has 1 aliphatic rings. The summed E-state index contributed by atoms with van der Waals surface area (Å²) in [6.07, 6.45) is 2.49. The molecule has 2 heterocycles. The summed E-state index contributed by atoms with van der Waals surface area (Å²) in [6.45, 7) is 1.09. The Morgan fingerprint density at radius 2 is 1.67 bits per heavy atom. The fourth-order valence-corrected chi connectivity index (χ4v) is 4.01. The molecule has 166 valence electrons. The number of nitrogens with zero attached hydrogens (tertiary/aromatic N) is 3. The van der Waals surface area contributed by atoms with Crippen LogP contribution in [0.4, 0.5) is 4.79 Å². The van der Waals surface area contributed by atoms with E-state index < -0.39 is 0 Å². The normalized spacial score (nSPS) is 14.7. The molecule has 7 heteroatoms. The number of likely N-dealkylation sites (tertiary alicyclic amines) is 1. The topological polar surface area (TPSA) is 95.3 Å². The summed E-state index contributed by atoms with van der Waals surface area (Å²) in [5.74, 6) is 0.378. The minimum Gasteiger partial charge on any atom is -0.410 e. The smallest absolute Gasteiger partial charge is 0.410 e. The number of para-hydroxylation sites is 1. The molecule has 1 aliphatic heterocycles. The van der Waals surface area contributed by atoms with Gasteiger partial charge in [-0.25, -0.2) is 9.78 Å². The van der Waals surface area contributed by atoms with E-state index in [1.807, 2.05) is 54.6 Å². The van der Waals surface area contributed by atoms with Crippen molar-refractivity contribution in [2.45, 2.75) is 18.9 Å². The zero-order valence-corrected chi connectivity index (χ0v) is 18.1. The van der Waals surface area contributed by atoms with E-state index in [0.717, 1.165) is 18.4 Å². The highest BCUT2D eigenvalue weighted by Crippen LogP contribution is 2.31. The van der Waals surface area contributed by atoms with Gasteiger partial charge in [-0.2, -0.15) is 5.26 Å². The van der Waals surface area contributed by atoms with Crippen LogP contribution in [0.1, 0.15) is 40.5 Å². The van der Waals surface area contributed by atoms with Crippen LogP contribution in [0.5, 0.6) is 5.75 Å². The number of hydrogen-bond donors (Lipinski definition) is 1. The number of ether oxygens (including phenoxy) is 1. The van der Waals surface area contributed by atoms with Crippen molar-refractivity contribution < 1.29 is 14.3 Å². The lowest BCUT2D eigenvalue weighted by atomic mass is 9.85. The van der Waals surface area contributed by atoms with Gasteiger partial charge in [0.2, 0.25) is 0 Å². The summed E-state index contributed by atoms with van der Waals surface area (Å²) < 4.78 is 5.46. The van der Waals surface area contributed by atoms with E-state index in [-0.39, 0.29) is 29.7 Å². The molecule has 4 rings (SSSR count). The number of piperidine rings is 1. The molecule has 0 aliphatic carbocycles. The maximum atomic E-state index is 12.9. The van der Waals surface area contributed by atoms with Crippen molar-refractivity contribution in [3.63, 3.8) is 0 Å². The highest BCUT2D eigenvalue weighted by Gasteiger charge is 2.31. The van der Waals surface area contributed by atoms with Crippen molar-refractivity contribution in [1.82, 2.24) is 15.2 Å². The Morgan fingerprint density at radius 1 is 1.00 bits per heavy atom. The predicted octanol–water partition coefficient (Wildman–Crippen LogP) is 4.34. The maximum Gasteiger partial charge on any atom is 0.415 e. The van der Waals surface area contributed by atoms with E-state index >= 15 is 0 Å². The molecule has 1 unspecified atom stereocenters. The Bertz CT molecular complexity index is 1120. The lowest BCUT2D eigenvalue weighted by molar-refractivity contribution is 0.0880. The molecule has 33 heavy (non-hydrogen) atoms. The number of carbonyl (C=O) groups excluding carboxylic acids is 2. The Morgan fingerprint density at radius 3 is 2.27 bits per heavy atom. The summed E-state index contributed by atoms with van der Waals surface area (Å²) in [5, 5.41) is 12.1. The van der Waals surface area contributed by atoms with E-state index in [9.17, 15) is 9.59 Å². The van der Waals surface area contributed by atoms with Crippen LogP contribution in [0.15, 0.2) is 79.0 Å². The van der Waals surface area contributed by atoms with Crippen LogP contribution in [0.25, 0.3) is 0 Å². The van der Waals surface area contributed by atoms with Gasteiger partial charge in [0.25, 0.3) is 5.91 Å². The third-order valence-corrected chi connectivity index (χ3v) is 5.79. The first kappa shape index (κ1) is 22.0. The van der Waals surface area contributed by atoms with Gasteiger partial charge in [0, 0.05) is 19.3 Å². The summed E-state index contributed by atoms with van der Waals surface area (Å²) in [6, 6.07) is 23.8. The maximum absolute atomic E-state index is 12.9. The fourth-order valence-electron chi connectivity index (χ4n) is 4.01. The Balaban J connectivity index is 1.43. The largest absolute Gasteiger partial charge is 0.415 e. The molecule has 0 saturated carbocycles. The molecule has 1 aromatic heterocycles. The molecule has 0 bridgehead atoms. The van der Waals surface area contributed by atoms with Crippen LogP contribution in [0.3, 0.4) is 0 Å². The molecule has 7 nitrogen and oxygen atoms in total. The predicted molar refractivity (Wildman–Crippen MR) is 122 cm³/mol. The molecular formula is C26H24N4O3. The van der Waals surface area contributed by atoms with Gasteiger partial charge < -0.3 is 15.0 Å². The fraction of sp³-hybridized carbons (Fsp3) is 0.231. The third-order valence-electron chi connectivity index (χ3n) is 5.79. The van der Waals surface area contributed by atoms with Gasteiger partial charge in [-0.1, -0.05) is 48.5 Å². The highest BCUT2D eigenvalue weighted by atomic mass is 16.6. The van der Waals surface area contributed by atoms with Crippen LogP contribution in [-0.4, -0.2) is 35.0 Å². The minimum atomic E-state index is -0.360. The van der Waals surface area contributed by atoms with Crippen molar-refractivity contribution in [2.24, 2.45) is 5.92 Å². The molecule has 2 amide bonds. The molecule has 0 radical (unpaired) electrons. The zero-order valence-electron chi connectivity index (χ0n) is 18.1. The molecule has 1 atom stereocenters. The SMILES string of the molecule is N#Cc1ccc(C(=O)NC(c2ccccc2)C2CCN(C(=O)Oc3ccccc3)CC2)nc1. The van der Waals surface area contributed by atoms with Crippen molar-refractivity contribution >= 4 is 12.0 Å². The van der Waals surface area contributed by atoms with E-state index in [2.05, 4.69) is 10.3 Å². The minimum absolute atomic E-state index is 0.149. The van der Waals surface area contributed by atoms with Gasteiger partial charge in [-0.15, -0.1) is 0 Å². The van der Waals surface area contributed by atoms with Crippen LogP contribution in [0.2, 0.25) is 0 Å². The number of aromatic nitrogens is 1. The molecule has 1 fully saturated rings.